The molecule has 7 heteroatoms. The SMILES string of the molecule is C[C@H](CCC(=O)NCC(=O)[O-])[C@H]1CCC2C3C(C[C@H](O)[C@@]21C)[C@@]1(C)CC[C@@H](O)CC1C[C@H]3O. The van der Waals surface area contributed by atoms with E-state index in [0.29, 0.717) is 18.8 Å². The molecule has 0 radical (unpaired) electrons. The Morgan fingerprint density at radius 3 is 2.48 bits per heavy atom. The van der Waals surface area contributed by atoms with Crippen molar-refractivity contribution in [2.75, 3.05) is 6.54 Å². The number of hydrogen-bond acceptors (Lipinski definition) is 6. The van der Waals surface area contributed by atoms with Crippen LogP contribution < -0.4 is 10.4 Å². The van der Waals surface area contributed by atoms with Gasteiger partial charge in [-0.25, -0.2) is 0 Å². The van der Waals surface area contributed by atoms with E-state index in [1.54, 1.807) is 0 Å². The van der Waals surface area contributed by atoms with Crippen LogP contribution in [-0.2, 0) is 9.59 Å². The molecule has 0 bridgehead atoms. The van der Waals surface area contributed by atoms with Crippen LogP contribution in [0.2, 0.25) is 0 Å². The normalized spacial score (nSPS) is 47.7. The van der Waals surface area contributed by atoms with Crippen molar-refractivity contribution in [1.82, 2.24) is 5.32 Å². The Labute approximate surface area is 197 Å². The van der Waals surface area contributed by atoms with Crippen LogP contribution in [0.25, 0.3) is 0 Å². The van der Waals surface area contributed by atoms with Gasteiger partial charge >= 0.3 is 0 Å². The second-order valence-corrected chi connectivity index (χ2v) is 12.2. The first kappa shape index (κ1) is 24.9. The molecule has 4 saturated carbocycles. The second-order valence-electron chi connectivity index (χ2n) is 12.2. The molecule has 0 aliphatic heterocycles. The van der Waals surface area contributed by atoms with Gasteiger partial charge in [0.25, 0.3) is 0 Å². The molecular formula is C26H42NO6-. The maximum Gasteiger partial charge on any atom is 0.220 e. The minimum Gasteiger partial charge on any atom is -0.548 e. The van der Waals surface area contributed by atoms with Crippen molar-refractivity contribution in [2.24, 2.45) is 46.3 Å². The van der Waals surface area contributed by atoms with Gasteiger partial charge in [0.05, 0.1) is 30.8 Å². The summed E-state index contributed by atoms with van der Waals surface area (Å²) in [5, 5.41) is 46.1. The molecule has 0 aromatic carbocycles. The molecule has 0 aromatic rings. The van der Waals surface area contributed by atoms with E-state index >= 15 is 0 Å². The molecule has 0 aromatic heterocycles. The topological polar surface area (TPSA) is 130 Å². The molecule has 4 unspecified atom stereocenters. The average molecular weight is 465 g/mol. The van der Waals surface area contributed by atoms with Crippen LogP contribution in [0.5, 0.6) is 0 Å². The quantitative estimate of drug-likeness (QED) is 0.468. The first-order valence-electron chi connectivity index (χ1n) is 13.0. The Kier molecular flexibility index (Phi) is 6.89. The van der Waals surface area contributed by atoms with E-state index in [0.717, 1.165) is 38.5 Å². The molecule has 4 N–H and O–H groups in total. The van der Waals surface area contributed by atoms with Crippen LogP contribution in [-0.4, -0.2) is 52.1 Å². The lowest BCUT2D eigenvalue weighted by Gasteiger charge is -2.63. The van der Waals surface area contributed by atoms with Gasteiger partial charge in [-0.1, -0.05) is 20.8 Å². The van der Waals surface area contributed by atoms with Crippen molar-refractivity contribution in [2.45, 2.75) is 96.9 Å². The Bertz CT molecular complexity index is 759. The lowest BCUT2D eigenvalue weighted by molar-refractivity contribution is -0.304. The van der Waals surface area contributed by atoms with Crippen molar-refractivity contribution in [1.29, 1.82) is 0 Å². The van der Waals surface area contributed by atoms with E-state index in [-0.39, 0.29) is 65.0 Å². The molecule has 1 amide bonds. The molecule has 4 aliphatic rings. The number of rotatable bonds is 6. The van der Waals surface area contributed by atoms with E-state index in [1.807, 2.05) is 0 Å². The predicted octanol–water partition coefficient (Wildman–Crippen LogP) is 1.23. The van der Waals surface area contributed by atoms with Gasteiger partial charge in [0.2, 0.25) is 5.91 Å². The molecule has 4 rings (SSSR count). The predicted molar refractivity (Wildman–Crippen MR) is 120 cm³/mol. The number of carboxylic acid groups (broad SMARTS) is 1. The third-order valence-electron chi connectivity index (χ3n) is 10.8. The zero-order valence-corrected chi connectivity index (χ0v) is 20.3. The molecule has 0 spiro atoms. The lowest BCUT2D eigenvalue weighted by Crippen LogP contribution is -2.62. The van der Waals surface area contributed by atoms with Crippen LogP contribution in [0.3, 0.4) is 0 Å². The highest BCUT2D eigenvalue weighted by Crippen LogP contribution is 2.68. The number of aliphatic hydroxyl groups excluding tert-OH is 3. The Morgan fingerprint density at radius 1 is 1.06 bits per heavy atom. The van der Waals surface area contributed by atoms with Crippen LogP contribution in [0.4, 0.5) is 0 Å². The van der Waals surface area contributed by atoms with Gasteiger partial charge in [-0.15, -0.1) is 0 Å². The molecule has 4 aliphatic carbocycles. The van der Waals surface area contributed by atoms with Crippen LogP contribution >= 0.6 is 0 Å². The molecule has 11 atom stereocenters. The number of carbonyl (C=O) groups is 2. The Hall–Kier alpha value is -1.18. The summed E-state index contributed by atoms with van der Waals surface area (Å²) in [5.74, 6) is -0.0789. The fourth-order valence-electron chi connectivity index (χ4n) is 8.95. The molecule has 7 nitrogen and oxygen atoms in total. The summed E-state index contributed by atoms with van der Waals surface area (Å²) in [6.45, 7) is 6.21. The number of hydrogen-bond donors (Lipinski definition) is 4. The summed E-state index contributed by atoms with van der Waals surface area (Å²) in [6.07, 6.45) is 5.75. The number of carbonyl (C=O) groups excluding carboxylic acids is 2. The van der Waals surface area contributed by atoms with Crippen molar-refractivity contribution in [3.8, 4) is 0 Å². The van der Waals surface area contributed by atoms with Crippen molar-refractivity contribution in [3.63, 3.8) is 0 Å². The summed E-state index contributed by atoms with van der Waals surface area (Å²) in [6, 6.07) is 0. The lowest BCUT2D eigenvalue weighted by atomic mass is 9.43. The van der Waals surface area contributed by atoms with Gasteiger partial charge in [-0.05, 0) is 97.7 Å². The molecule has 33 heavy (non-hydrogen) atoms. The fraction of sp³-hybridized carbons (Fsp3) is 0.923. The first-order chi connectivity index (χ1) is 15.5. The van der Waals surface area contributed by atoms with Gasteiger partial charge in [0, 0.05) is 6.42 Å². The largest absolute Gasteiger partial charge is 0.548 e. The molecule has 0 saturated heterocycles. The fourth-order valence-corrected chi connectivity index (χ4v) is 8.95. The molecule has 188 valence electrons. The second kappa shape index (κ2) is 9.12. The average Bonchev–Trinajstić information content (AvgIpc) is 3.11. The van der Waals surface area contributed by atoms with Gasteiger partial charge < -0.3 is 30.5 Å². The van der Waals surface area contributed by atoms with Gasteiger partial charge in [-0.3, -0.25) is 4.79 Å². The number of aliphatic hydroxyl groups is 3. The third-order valence-corrected chi connectivity index (χ3v) is 10.8. The van der Waals surface area contributed by atoms with Crippen molar-refractivity contribution in [3.05, 3.63) is 0 Å². The van der Waals surface area contributed by atoms with Gasteiger partial charge in [0.15, 0.2) is 0 Å². The van der Waals surface area contributed by atoms with E-state index in [2.05, 4.69) is 26.1 Å². The standard InChI is InChI=1S/C26H43NO6/c1-14(4-7-22(31)27-13-23(32)33)17-5-6-18-24-19(12-21(30)26(17,18)3)25(2)9-8-16(28)10-15(25)11-20(24)29/h14-21,24,28-30H,4-13H2,1-3H3,(H,27,31)(H,32,33)/p-1/t14-,15?,16-,17-,18?,19?,20-,21+,24?,25+,26-/m1/s1. The monoisotopic (exact) mass is 464 g/mol. The highest BCUT2D eigenvalue weighted by atomic mass is 16.4. The maximum atomic E-state index is 12.0. The maximum absolute atomic E-state index is 12.0. The third kappa shape index (κ3) is 4.23. The summed E-state index contributed by atoms with van der Waals surface area (Å²) in [4.78, 5) is 22.6. The summed E-state index contributed by atoms with van der Waals surface area (Å²) >= 11 is 0. The van der Waals surface area contributed by atoms with Crippen LogP contribution in [0.15, 0.2) is 0 Å². The Balaban J connectivity index is 1.49. The van der Waals surface area contributed by atoms with Crippen LogP contribution in [0, 0.1) is 46.3 Å². The number of nitrogens with one attached hydrogen (secondary N) is 1. The van der Waals surface area contributed by atoms with E-state index in [9.17, 15) is 30.0 Å². The van der Waals surface area contributed by atoms with Gasteiger partial charge in [-0.2, -0.15) is 0 Å². The Morgan fingerprint density at radius 2 is 1.79 bits per heavy atom. The highest BCUT2D eigenvalue weighted by Gasteiger charge is 2.65. The number of carboxylic acids is 1. The zero-order chi connectivity index (χ0) is 24.1. The minimum absolute atomic E-state index is 0.0617. The highest BCUT2D eigenvalue weighted by molar-refractivity contribution is 5.80. The number of fused-ring (bicyclic) bond motifs is 5. The van der Waals surface area contributed by atoms with E-state index in [4.69, 9.17) is 0 Å². The first-order valence-corrected chi connectivity index (χ1v) is 13.0. The molecule has 0 heterocycles. The number of aliphatic carboxylic acids is 1. The van der Waals surface area contributed by atoms with E-state index < -0.39 is 18.6 Å². The van der Waals surface area contributed by atoms with Crippen molar-refractivity contribution >= 4 is 11.9 Å². The summed E-state index contributed by atoms with van der Waals surface area (Å²) in [5.41, 5.74) is -0.230. The van der Waals surface area contributed by atoms with Gasteiger partial charge in [0.1, 0.15) is 0 Å². The van der Waals surface area contributed by atoms with Crippen molar-refractivity contribution < 1.29 is 30.0 Å². The smallest absolute Gasteiger partial charge is 0.220 e. The molecule has 4 fully saturated rings. The molecular weight excluding hydrogens is 422 g/mol. The zero-order valence-electron chi connectivity index (χ0n) is 20.3. The summed E-state index contributed by atoms with van der Waals surface area (Å²) < 4.78 is 0. The van der Waals surface area contributed by atoms with E-state index in [1.165, 1.54) is 0 Å². The van der Waals surface area contributed by atoms with Crippen LogP contribution in [0.1, 0.15) is 78.6 Å². The number of amides is 1. The summed E-state index contributed by atoms with van der Waals surface area (Å²) in [7, 11) is 0. The minimum atomic E-state index is -1.29.